The van der Waals surface area contributed by atoms with Crippen LogP contribution in [0.2, 0.25) is 0 Å². The second-order valence-electron chi connectivity index (χ2n) is 2.97. The fourth-order valence-corrected chi connectivity index (χ4v) is 1.33. The maximum atomic E-state index is 10.5. The van der Waals surface area contributed by atoms with Gasteiger partial charge in [-0.25, -0.2) is 4.79 Å². The van der Waals surface area contributed by atoms with Crippen LogP contribution in [0.25, 0.3) is 0 Å². The minimum absolute atomic E-state index is 1.18. The van der Waals surface area contributed by atoms with Crippen molar-refractivity contribution in [2.75, 3.05) is 7.11 Å². The van der Waals surface area contributed by atoms with Gasteiger partial charge in [0.05, 0.1) is 0 Å². The van der Waals surface area contributed by atoms with Gasteiger partial charge in [0.1, 0.15) is 18.3 Å². The van der Waals surface area contributed by atoms with Gasteiger partial charge in [-0.1, -0.05) is 0 Å². The van der Waals surface area contributed by atoms with Crippen molar-refractivity contribution in [3.05, 3.63) is 0 Å². The third-order valence-electron chi connectivity index (χ3n) is 2.08. The number of methoxy groups -OCH3 is 1. The summed E-state index contributed by atoms with van der Waals surface area (Å²) in [5.41, 5.74) is 0. The zero-order valence-corrected chi connectivity index (χ0v) is 7.40. The summed E-state index contributed by atoms with van der Waals surface area (Å²) in [4.78, 5) is 10.5. The summed E-state index contributed by atoms with van der Waals surface area (Å²) in [7, 11) is 1.19. The molecule has 1 rings (SSSR count). The van der Waals surface area contributed by atoms with E-state index in [0.717, 1.165) is 0 Å². The maximum Gasteiger partial charge on any atom is 0.335 e. The van der Waals surface area contributed by atoms with Crippen LogP contribution in [0, 0.1) is 0 Å². The van der Waals surface area contributed by atoms with Crippen LogP contribution in [0.3, 0.4) is 0 Å². The highest BCUT2D eigenvalue weighted by Crippen LogP contribution is 2.21. The van der Waals surface area contributed by atoms with Gasteiger partial charge in [-0.15, -0.1) is 0 Å². The molecule has 5 atom stereocenters. The predicted molar refractivity (Wildman–Crippen MR) is 41.3 cm³/mol. The van der Waals surface area contributed by atoms with Crippen LogP contribution in [-0.2, 0) is 14.3 Å². The van der Waals surface area contributed by atoms with Crippen LogP contribution >= 0.6 is 0 Å². The van der Waals surface area contributed by atoms with Crippen molar-refractivity contribution in [1.82, 2.24) is 0 Å². The Bertz CT molecular complexity index is 218. The zero-order chi connectivity index (χ0) is 10.9. The van der Waals surface area contributed by atoms with Crippen LogP contribution in [-0.4, -0.2) is 64.2 Å². The first-order chi connectivity index (χ1) is 6.49. The maximum absolute atomic E-state index is 10.5. The lowest BCUT2D eigenvalue weighted by Gasteiger charge is -2.38. The summed E-state index contributed by atoms with van der Waals surface area (Å²) in [5.74, 6) is -1.43. The van der Waals surface area contributed by atoms with Crippen LogP contribution < -0.4 is 0 Å². The van der Waals surface area contributed by atoms with Gasteiger partial charge in [-0.2, -0.15) is 0 Å². The SMILES string of the molecule is CO[C@@H]1[C@@H](O)[C@H](O)O[C@H](C(=O)O)[C@H]1O. The van der Waals surface area contributed by atoms with Crippen LogP contribution in [0.15, 0.2) is 0 Å². The Hall–Kier alpha value is -0.730. The molecule has 0 unspecified atom stereocenters. The monoisotopic (exact) mass is 208 g/mol. The lowest BCUT2D eigenvalue weighted by molar-refractivity contribution is -0.283. The molecule has 82 valence electrons. The lowest BCUT2D eigenvalue weighted by atomic mass is 9.99. The van der Waals surface area contributed by atoms with E-state index in [1.165, 1.54) is 7.11 Å². The number of aliphatic hydroxyl groups is 3. The molecule has 1 fully saturated rings. The quantitative estimate of drug-likeness (QED) is 0.397. The second kappa shape index (κ2) is 4.20. The van der Waals surface area contributed by atoms with Crippen molar-refractivity contribution in [2.24, 2.45) is 0 Å². The lowest BCUT2D eigenvalue weighted by Crippen LogP contribution is -2.60. The largest absolute Gasteiger partial charge is 0.479 e. The number of rotatable bonds is 2. The number of ether oxygens (including phenoxy) is 2. The van der Waals surface area contributed by atoms with Gasteiger partial charge >= 0.3 is 5.97 Å². The number of hydrogen-bond donors (Lipinski definition) is 4. The summed E-state index contributed by atoms with van der Waals surface area (Å²) in [6, 6.07) is 0. The zero-order valence-electron chi connectivity index (χ0n) is 7.40. The Morgan fingerprint density at radius 2 is 1.86 bits per heavy atom. The van der Waals surface area contributed by atoms with Crippen molar-refractivity contribution in [2.45, 2.75) is 30.7 Å². The van der Waals surface area contributed by atoms with E-state index >= 15 is 0 Å². The van der Waals surface area contributed by atoms with Crippen LogP contribution in [0.1, 0.15) is 0 Å². The number of carboxylic acids is 1. The highest BCUT2D eigenvalue weighted by molar-refractivity contribution is 5.73. The average molecular weight is 208 g/mol. The summed E-state index contributed by atoms with van der Waals surface area (Å²) in [6.07, 6.45) is -7.44. The third-order valence-corrected chi connectivity index (χ3v) is 2.08. The molecular formula is C7H12O7. The van der Waals surface area contributed by atoms with E-state index in [-0.39, 0.29) is 0 Å². The highest BCUT2D eigenvalue weighted by Gasteiger charge is 2.47. The number of hydrogen-bond acceptors (Lipinski definition) is 6. The molecule has 0 spiro atoms. The van der Waals surface area contributed by atoms with Gasteiger partial charge in [-0.05, 0) is 0 Å². The molecule has 0 aliphatic carbocycles. The Kier molecular flexibility index (Phi) is 3.40. The number of carboxylic acid groups (broad SMARTS) is 1. The fraction of sp³-hybridized carbons (Fsp3) is 0.857. The molecule has 0 radical (unpaired) electrons. The fourth-order valence-electron chi connectivity index (χ4n) is 1.33. The van der Waals surface area contributed by atoms with Gasteiger partial charge in [0.2, 0.25) is 0 Å². The first-order valence-corrected chi connectivity index (χ1v) is 3.94. The van der Waals surface area contributed by atoms with E-state index in [1.807, 2.05) is 0 Å². The van der Waals surface area contributed by atoms with Crippen LogP contribution in [0.4, 0.5) is 0 Å². The number of aliphatic hydroxyl groups excluding tert-OH is 3. The van der Waals surface area contributed by atoms with Gasteiger partial charge in [0.15, 0.2) is 12.4 Å². The third kappa shape index (κ3) is 1.86. The predicted octanol–water partition coefficient (Wildman–Crippen LogP) is -2.47. The Morgan fingerprint density at radius 3 is 2.29 bits per heavy atom. The van der Waals surface area contributed by atoms with Crippen molar-refractivity contribution in [3.8, 4) is 0 Å². The minimum Gasteiger partial charge on any atom is -0.479 e. The van der Waals surface area contributed by atoms with E-state index in [0.29, 0.717) is 0 Å². The van der Waals surface area contributed by atoms with Gasteiger partial charge in [0.25, 0.3) is 0 Å². The molecule has 0 saturated carbocycles. The summed E-state index contributed by atoms with van der Waals surface area (Å²) >= 11 is 0. The van der Waals surface area contributed by atoms with Gasteiger partial charge < -0.3 is 29.9 Å². The molecule has 4 N–H and O–H groups in total. The molecule has 1 saturated heterocycles. The minimum atomic E-state index is -1.68. The first kappa shape index (κ1) is 11.3. The molecule has 0 aromatic heterocycles. The Morgan fingerprint density at radius 1 is 1.29 bits per heavy atom. The van der Waals surface area contributed by atoms with Crippen molar-refractivity contribution < 1.29 is 34.7 Å². The molecule has 14 heavy (non-hydrogen) atoms. The molecule has 7 heteroatoms. The van der Waals surface area contributed by atoms with E-state index in [2.05, 4.69) is 9.47 Å². The summed E-state index contributed by atoms with van der Waals surface area (Å²) in [6.45, 7) is 0. The molecular weight excluding hydrogens is 196 g/mol. The normalized spacial score (nSPS) is 43.6. The molecule has 7 nitrogen and oxygen atoms in total. The van der Waals surface area contributed by atoms with Crippen molar-refractivity contribution in [1.29, 1.82) is 0 Å². The Labute approximate surface area is 79.5 Å². The first-order valence-electron chi connectivity index (χ1n) is 3.94. The topological polar surface area (TPSA) is 116 Å². The summed E-state index contributed by atoms with van der Waals surface area (Å²) < 4.78 is 9.14. The molecule has 0 aromatic rings. The number of carbonyl (C=O) groups is 1. The van der Waals surface area contributed by atoms with Crippen molar-refractivity contribution >= 4 is 5.97 Å². The summed E-state index contributed by atoms with van der Waals surface area (Å²) in [5, 5.41) is 36.3. The number of aliphatic carboxylic acids is 1. The van der Waals surface area contributed by atoms with E-state index in [1.54, 1.807) is 0 Å². The molecule has 0 bridgehead atoms. The highest BCUT2D eigenvalue weighted by atomic mass is 16.7. The Balaban J connectivity index is 2.80. The molecule has 1 heterocycles. The molecule has 1 aliphatic heterocycles. The van der Waals surface area contributed by atoms with Crippen molar-refractivity contribution in [3.63, 3.8) is 0 Å². The van der Waals surface area contributed by atoms with E-state index in [9.17, 15) is 15.0 Å². The standard InChI is InChI=1S/C7H12O7/c1-13-4-2(8)5(6(10)11)14-7(12)3(4)9/h2-5,7-9,12H,1H3,(H,10,11)/t2-,3+,4-,5-,7+/m0/s1. The van der Waals surface area contributed by atoms with Gasteiger partial charge in [-0.3, -0.25) is 0 Å². The molecule has 1 aliphatic rings. The van der Waals surface area contributed by atoms with Gasteiger partial charge in [0, 0.05) is 7.11 Å². The average Bonchev–Trinajstić information content (AvgIpc) is 2.12. The van der Waals surface area contributed by atoms with Crippen LogP contribution in [0.5, 0.6) is 0 Å². The molecule has 0 aromatic carbocycles. The molecule has 0 amide bonds. The van der Waals surface area contributed by atoms with E-state index in [4.69, 9.17) is 10.2 Å². The van der Waals surface area contributed by atoms with E-state index < -0.39 is 36.7 Å². The second-order valence-corrected chi connectivity index (χ2v) is 2.97. The smallest absolute Gasteiger partial charge is 0.335 e.